The Kier molecular flexibility index (Phi) is 5.35. The number of carbonyl (C=O) groups excluding carboxylic acids is 3. The molecule has 3 fully saturated rings. The molecule has 8 nitrogen and oxygen atoms in total. The van der Waals surface area contributed by atoms with E-state index in [1.807, 2.05) is 6.08 Å². The average molecular weight is 431 g/mol. The van der Waals surface area contributed by atoms with E-state index in [9.17, 15) is 14.4 Å². The number of ether oxygens (including phenoxy) is 3. The van der Waals surface area contributed by atoms with Crippen LogP contribution < -0.4 is 11.1 Å². The summed E-state index contributed by atoms with van der Waals surface area (Å²) in [6, 6.07) is 0. The molecule has 5 atom stereocenters. The largest absolute Gasteiger partial charge is 0.508 e. The summed E-state index contributed by atoms with van der Waals surface area (Å²) in [5.74, 6) is -0.736. The highest BCUT2D eigenvalue weighted by Crippen LogP contribution is 2.62. The first-order valence-electron chi connectivity index (χ1n) is 10.8. The van der Waals surface area contributed by atoms with Gasteiger partial charge in [-0.05, 0) is 43.1 Å². The third-order valence-corrected chi connectivity index (χ3v) is 7.72. The van der Waals surface area contributed by atoms with Crippen molar-refractivity contribution >= 4 is 18.0 Å². The predicted octanol–water partition coefficient (Wildman–Crippen LogP) is 2.35. The van der Waals surface area contributed by atoms with Crippen LogP contribution in [0.3, 0.4) is 0 Å². The van der Waals surface area contributed by atoms with Crippen LogP contribution in [-0.2, 0) is 23.8 Å². The van der Waals surface area contributed by atoms with E-state index in [1.54, 1.807) is 6.08 Å². The van der Waals surface area contributed by atoms with Gasteiger partial charge in [0.05, 0.1) is 12.1 Å². The topological polar surface area (TPSA) is 117 Å². The van der Waals surface area contributed by atoms with E-state index in [1.165, 1.54) is 0 Å². The molecule has 8 heteroatoms. The number of primary amides is 1. The number of fused-ring (bicyclic) bond motifs is 3. The second-order valence-electron chi connectivity index (χ2n) is 9.54. The molecule has 0 bridgehead atoms. The molecule has 2 saturated carbocycles. The number of nitrogens with two attached hydrogens (primary N) is 1. The highest BCUT2D eigenvalue weighted by Gasteiger charge is 2.60. The van der Waals surface area contributed by atoms with Crippen molar-refractivity contribution in [1.29, 1.82) is 0 Å². The molecule has 2 aliphatic heterocycles. The highest BCUT2D eigenvalue weighted by molar-refractivity contribution is 5.95. The van der Waals surface area contributed by atoms with Gasteiger partial charge < -0.3 is 25.3 Å². The first-order valence-corrected chi connectivity index (χ1v) is 10.8. The molecule has 2 heterocycles. The van der Waals surface area contributed by atoms with Crippen LogP contribution in [0.15, 0.2) is 35.6 Å². The standard InChI is InChI=1S/C23H30N2O6/c1-13-4-5-17-22(2,8-6-18-23(17,3)12-30-21(28)31-18)15(13)10-16(25-11-19(24)26)14-7-9-29-20(14)27/h7,10,15,17-18,25H,1,4-6,8-9,11-12H2,2-3H3,(H2,24,26)/b16-10-/t15?,17?,18?,22-,23+/m1/s1. The summed E-state index contributed by atoms with van der Waals surface area (Å²) in [6.45, 7) is 9.19. The smallest absolute Gasteiger partial charge is 0.458 e. The van der Waals surface area contributed by atoms with E-state index in [0.717, 1.165) is 31.3 Å². The number of hydrogen-bond acceptors (Lipinski definition) is 7. The van der Waals surface area contributed by atoms with Crippen molar-refractivity contribution in [2.24, 2.45) is 28.4 Å². The number of allylic oxidation sites excluding steroid dienone is 2. The van der Waals surface area contributed by atoms with Gasteiger partial charge in [0.1, 0.15) is 19.3 Å². The minimum atomic E-state index is -0.590. The maximum absolute atomic E-state index is 12.2. The number of esters is 1. The summed E-state index contributed by atoms with van der Waals surface area (Å²) < 4.78 is 16.0. The van der Waals surface area contributed by atoms with Crippen LogP contribution in [0.5, 0.6) is 0 Å². The van der Waals surface area contributed by atoms with Crippen LogP contribution in [0, 0.1) is 22.7 Å². The molecule has 0 aromatic rings. The Balaban J connectivity index is 1.70. The molecule has 0 radical (unpaired) electrons. The molecule has 2 aliphatic carbocycles. The van der Waals surface area contributed by atoms with Gasteiger partial charge in [0, 0.05) is 17.0 Å². The molecule has 168 valence electrons. The molecule has 1 amide bonds. The van der Waals surface area contributed by atoms with E-state index < -0.39 is 18.0 Å². The molecule has 3 N–H and O–H groups in total. The Morgan fingerprint density at radius 3 is 2.74 bits per heavy atom. The Hall–Kier alpha value is -2.77. The second kappa shape index (κ2) is 7.73. The Morgan fingerprint density at radius 1 is 1.29 bits per heavy atom. The van der Waals surface area contributed by atoms with Crippen LogP contribution in [0.2, 0.25) is 0 Å². The molecule has 0 spiro atoms. The van der Waals surface area contributed by atoms with E-state index >= 15 is 0 Å². The van der Waals surface area contributed by atoms with Gasteiger partial charge in [-0.2, -0.15) is 0 Å². The highest BCUT2D eigenvalue weighted by atomic mass is 16.7. The SMILES string of the molecule is C=C1CCC2[C@]3(C)COC(=O)OC3CC[C@]2(C)C1/C=C(\NCC(N)=O)C1=CCOC1=O. The van der Waals surface area contributed by atoms with E-state index in [4.69, 9.17) is 19.9 Å². The maximum Gasteiger partial charge on any atom is 0.508 e. The number of hydrogen-bond donors (Lipinski definition) is 2. The minimum Gasteiger partial charge on any atom is -0.458 e. The fourth-order valence-corrected chi connectivity index (χ4v) is 6.14. The molecule has 4 rings (SSSR count). The first-order chi connectivity index (χ1) is 14.6. The van der Waals surface area contributed by atoms with Gasteiger partial charge in [-0.15, -0.1) is 0 Å². The van der Waals surface area contributed by atoms with Gasteiger partial charge >= 0.3 is 12.1 Å². The summed E-state index contributed by atoms with van der Waals surface area (Å²) in [4.78, 5) is 35.3. The summed E-state index contributed by atoms with van der Waals surface area (Å²) in [5.41, 5.74) is 6.91. The molecule has 3 unspecified atom stereocenters. The normalized spacial score (nSPS) is 37.6. The van der Waals surface area contributed by atoms with Crippen LogP contribution in [-0.4, -0.2) is 43.9 Å². The van der Waals surface area contributed by atoms with Crippen molar-refractivity contribution in [1.82, 2.24) is 5.32 Å². The number of carbonyl (C=O) groups is 3. The zero-order valence-electron chi connectivity index (χ0n) is 18.1. The third-order valence-electron chi connectivity index (χ3n) is 7.72. The summed E-state index contributed by atoms with van der Waals surface area (Å²) >= 11 is 0. The zero-order valence-corrected chi connectivity index (χ0v) is 18.1. The van der Waals surface area contributed by atoms with Gasteiger partial charge in [0.25, 0.3) is 0 Å². The van der Waals surface area contributed by atoms with Gasteiger partial charge in [0.15, 0.2) is 0 Å². The zero-order chi connectivity index (χ0) is 22.4. The van der Waals surface area contributed by atoms with Gasteiger partial charge in [0.2, 0.25) is 5.91 Å². The Morgan fingerprint density at radius 2 is 2.06 bits per heavy atom. The Bertz CT molecular complexity index is 892. The van der Waals surface area contributed by atoms with E-state index in [2.05, 4.69) is 25.7 Å². The summed E-state index contributed by atoms with van der Waals surface area (Å²) in [7, 11) is 0. The Labute approximate surface area is 181 Å². The predicted molar refractivity (Wildman–Crippen MR) is 111 cm³/mol. The lowest BCUT2D eigenvalue weighted by Gasteiger charge is -2.60. The average Bonchev–Trinajstić information content (AvgIpc) is 3.13. The number of amides is 1. The van der Waals surface area contributed by atoms with Crippen molar-refractivity contribution in [2.45, 2.75) is 45.6 Å². The third kappa shape index (κ3) is 3.62. The molecular formula is C23H30N2O6. The van der Waals surface area contributed by atoms with Crippen molar-refractivity contribution in [2.75, 3.05) is 19.8 Å². The molecule has 0 aromatic heterocycles. The molecule has 31 heavy (non-hydrogen) atoms. The summed E-state index contributed by atoms with van der Waals surface area (Å²) in [5, 5.41) is 3.03. The second-order valence-corrected chi connectivity index (χ2v) is 9.54. The number of rotatable bonds is 5. The van der Waals surface area contributed by atoms with Gasteiger partial charge in [-0.1, -0.05) is 32.1 Å². The fraction of sp³-hybridized carbons (Fsp3) is 0.609. The van der Waals surface area contributed by atoms with Gasteiger partial charge in [-0.3, -0.25) is 4.79 Å². The van der Waals surface area contributed by atoms with E-state index in [0.29, 0.717) is 17.9 Å². The van der Waals surface area contributed by atoms with Gasteiger partial charge in [-0.25, -0.2) is 9.59 Å². The quantitative estimate of drug-likeness (QED) is 0.508. The fourth-order valence-electron chi connectivity index (χ4n) is 6.14. The van der Waals surface area contributed by atoms with Crippen molar-refractivity contribution in [3.8, 4) is 0 Å². The van der Waals surface area contributed by atoms with Crippen LogP contribution in [0.4, 0.5) is 4.79 Å². The molecule has 0 aromatic carbocycles. The van der Waals surface area contributed by atoms with Crippen LogP contribution in [0.25, 0.3) is 0 Å². The van der Waals surface area contributed by atoms with Crippen molar-refractivity contribution < 1.29 is 28.6 Å². The lowest BCUT2D eigenvalue weighted by atomic mass is 9.46. The first kappa shape index (κ1) is 21.5. The van der Waals surface area contributed by atoms with Crippen molar-refractivity contribution in [3.63, 3.8) is 0 Å². The van der Waals surface area contributed by atoms with E-state index in [-0.39, 0.29) is 41.9 Å². The molecule has 4 aliphatic rings. The number of cyclic esters (lactones) is 2. The van der Waals surface area contributed by atoms with Crippen LogP contribution in [0.1, 0.15) is 39.5 Å². The maximum atomic E-state index is 12.2. The lowest BCUT2D eigenvalue weighted by Crippen LogP contribution is -2.60. The minimum absolute atomic E-state index is 0.0358. The van der Waals surface area contributed by atoms with Crippen LogP contribution >= 0.6 is 0 Å². The summed E-state index contributed by atoms with van der Waals surface area (Å²) in [6.07, 6.45) is 6.31. The number of nitrogens with one attached hydrogen (secondary N) is 1. The van der Waals surface area contributed by atoms with Crippen molar-refractivity contribution in [3.05, 3.63) is 35.6 Å². The lowest BCUT2D eigenvalue weighted by molar-refractivity contribution is -0.188. The molecule has 1 saturated heterocycles. The molecular weight excluding hydrogens is 400 g/mol. The monoisotopic (exact) mass is 430 g/mol.